The van der Waals surface area contributed by atoms with Crippen molar-refractivity contribution in [2.24, 2.45) is 11.7 Å². The van der Waals surface area contributed by atoms with Gasteiger partial charge >= 0.3 is 0 Å². The molecule has 5 heteroatoms. The molecular weight excluding hydrogens is 284 g/mol. The number of amides is 2. The summed E-state index contributed by atoms with van der Waals surface area (Å²) in [6.45, 7) is 2.88. The number of thioether (sulfide) groups is 1. The molecule has 0 saturated heterocycles. The Hall–Kier alpha value is -1.49. The zero-order valence-electron chi connectivity index (χ0n) is 12.3. The van der Waals surface area contributed by atoms with Gasteiger partial charge in [0.2, 0.25) is 11.8 Å². The number of benzene rings is 1. The van der Waals surface area contributed by atoms with Crippen molar-refractivity contribution in [1.82, 2.24) is 4.90 Å². The normalized spacial score (nSPS) is 15.5. The van der Waals surface area contributed by atoms with Crippen molar-refractivity contribution in [1.29, 1.82) is 0 Å². The number of nitrogens with zero attached hydrogens (tertiary/aromatic N) is 1. The SMILES string of the molecule is CC(c1ccccc1)N(CC1CC1)C(=O)CSCC(N)=O. The van der Waals surface area contributed by atoms with Gasteiger partial charge in [0.25, 0.3) is 0 Å². The zero-order chi connectivity index (χ0) is 15.2. The van der Waals surface area contributed by atoms with E-state index in [9.17, 15) is 9.59 Å². The molecule has 0 radical (unpaired) electrons. The van der Waals surface area contributed by atoms with E-state index in [1.165, 1.54) is 24.6 Å². The fourth-order valence-corrected chi connectivity index (χ4v) is 2.93. The van der Waals surface area contributed by atoms with Crippen molar-refractivity contribution in [2.45, 2.75) is 25.8 Å². The lowest BCUT2D eigenvalue weighted by atomic mass is 10.1. The molecule has 0 bridgehead atoms. The van der Waals surface area contributed by atoms with Gasteiger partial charge in [-0.05, 0) is 31.2 Å². The van der Waals surface area contributed by atoms with Crippen LogP contribution in [0.15, 0.2) is 30.3 Å². The topological polar surface area (TPSA) is 63.4 Å². The Morgan fingerprint density at radius 3 is 2.52 bits per heavy atom. The second-order valence-electron chi connectivity index (χ2n) is 5.54. The summed E-state index contributed by atoms with van der Waals surface area (Å²) in [7, 11) is 0. The van der Waals surface area contributed by atoms with E-state index in [0.29, 0.717) is 11.7 Å². The second-order valence-corrected chi connectivity index (χ2v) is 6.52. The molecule has 0 spiro atoms. The van der Waals surface area contributed by atoms with E-state index in [1.807, 2.05) is 35.2 Å². The summed E-state index contributed by atoms with van der Waals surface area (Å²) in [4.78, 5) is 25.2. The first-order chi connectivity index (χ1) is 10.1. The molecule has 2 amide bonds. The maximum atomic E-state index is 12.5. The summed E-state index contributed by atoms with van der Waals surface area (Å²) < 4.78 is 0. The Morgan fingerprint density at radius 1 is 1.29 bits per heavy atom. The number of carbonyl (C=O) groups excluding carboxylic acids is 2. The minimum atomic E-state index is -0.377. The van der Waals surface area contributed by atoms with Crippen LogP contribution in [0.1, 0.15) is 31.4 Å². The lowest BCUT2D eigenvalue weighted by Gasteiger charge is -2.30. The third-order valence-corrected chi connectivity index (χ3v) is 4.63. The number of hydrogen-bond acceptors (Lipinski definition) is 3. The van der Waals surface area contributed by atoms with Gasteiger partial charge in [0.1, 0.15) is 0 Å². The highest BCUT2D eigenvalue weighted by Crippen LogP contribution is 2.33. The fourth-order valence-electron chi connectivity index (χ4n) is 2.29. The van der Waals surface area contributed by atoms with E-state index < -0.39 is 0 Å². The Kier molecular flexibility index (Phi) is 5.67. The summed E-state index contributed by atoms with van der Waals surface area (Å²) >= 11 is 1.29. The van der Waals surface area contributed by atoms with Gasteiger partial charge in [-0.1, -0.05) is 30.3 Å². The van der Waals surface area contributed by atoms with Crippen LogP contribution in [0.25, 0.3) is 0 Å². The zero-order valence-corrected chi connectivity index (χ0v) is 13.1. The quantitative estimate of drug-likeness (QED) is 0.801. The monoisotopic (exact) mass is 306 g/mol. The first-order valence-electron chi connectivity index (χ1n) is 7.28. The number of nitrogens with two attached hydrogens (primary N) is 1. The van der Waals surface area contributed by atoms with Crippen LogP contribution >= 0.6 is 11.8 Å². The van der Waals surface area contributed by atoms with Crippen LogP contribution in [0.2, 0.25) is 0 Å². The molecule has 0 heterocycles. The van der Waals surface area contributed by atoms with Gasteiger partial charge in [-0.3, -0.25) is 9.59 Å². The molecule has 1 atom stereocenters. The number of primary amides is 1. The molecule has 1 aromatic rings. The van der Waals surface area contributed by atoms with Crippen LogP contribution < -0.4 is 5.73 Å². The second kappa shape index (κ2) is 7.50. The Bertz CT molecular complexity index is 488. The van der Waals surface area contributed by atoms with Crippen molar-refractivity contribution in [3.63, 3.8) is 0 Å². The molecule has 1 unspecified atom stereocenters. The Labute approximate surface area is 130 Å². The first kappa shape index (κ1) is 15.9. The van der Waals surface area contributed by atoms with Gasteiger partial charge in [-0.25, -0.2) is 0 Å². The largest absolute Gasteiger partial charge is 0.369 e. The molecule has 1 aromatic carbocycles. The molecule has 4 nitrogen and oxygen atoms in total. The molecular formula is C16H22N2O2S. The van der Waals surface area contributed by atoms with Crippen LogP contribution in [0.3, 0.4) is 0 Å². The summed E-state index contributed by atoms with van der Waals surface area (Å²) in [6.07, 6.45) is 2.42. The van der Waals surface area contributed by atoms with Crippen LogP contribution in [0.4, 0.5) is 0 Å². The Balaban J connectivity index is 1.99. The molecule has 21 heavy (non-hydrogen) atoms. The average Bonchev–Trinajstić information content (AvgIpc) is 3.28. The third-order valence-electron chi connectivity index (χ3n) is 3.69. The maximum absolute atomic E-state index is 12.5. The van der Waals surface area contributed by atoms with Gasteiger partial charge in [0, 0.05) is 6.54 Å². The highest BCUT2D eigenvalue weighted by atomic mass is 32.2. The standard InChI is InChI=1S/C16H22N2O2S/c1-12(14-5-3-2-4-6-14)18(9-13-7-8-13)16(20)11-21-10-15(17)19/h2-6,12-13H,7-11H2,1H3,(H2,17,19). The van der Waals surface area contributed by atoms with Gasteiger partial charge in [0.15, 0.2) is 0 Å². The van der Waals surface area contributed by atoms with Crippen molar-refractivity contribution in [3.8, 4) is 0 Å². The molecule has 2 N–H and O–H groups in total. The molecule has 0 aromatic heterocycles. The van der Waals surface area contributed by atoms with E-state index in [2.05, 4.69) is 6.92 Å². The third kappa shape index (κ3) is 5.08. The van der Waals surface area contributed by atoms with Gasteiger partial charge in [-0.2, -0.15) is 0 Å². The number of rotatable bonds is 8. The Morgan fingerprint density at radius 2 is 1.95 bits per heavy atom. The first-order valence-corrected chi connectivity index (χ1v) is 8.44. The summed E-state index contributed by atoms with van der Waals surface area (Å²) in [5.41, 5.74) is 6.26. The predicted octanol–water partition coefficient (Wildman–Crippen LogP) is 2.20. The van der Waals surface area contributed by atoms with Crippen molar-refractivity contribution in [2.75, 3.05) is 18.1 Å². The molecule has 2 rings (SSSR count). The molecule has 1 saturated carbocycles. The molecule has 1 aliphatic carbocycles. The van der Waals surface area contributed by atoms with Crippen molar-refractivity contribution < 1.29 is 9.59 Å². The van der Waals surface area contributed by atoms with E-state index in [0.717, 1.165) is 12.1 Å². The molecule has 0 aliphatic heterocycles. The number of carbonyl (C=O) groups is 2. The van der Waals surface area contributed by atoms with Gasteiger partial charge in [-0.15, -0.1) is 11.8 Å². The summed E-state index contributed by atoms with van der Waals surface area (Å²) in [5.74, 6) is 0.860. The minimum absolute atomic E-state index is 0.0634. The minimum Gasteiger partial charge on any atom is -0.369 e. The van der Waals surface area contributed by atoms with Crippen LogP contribution in [-0.4, -0.2) is 34.8 Å². The summed E-state index contributed by atoms with van der Waals surface area (Å²) in [5, 5.41) is 0. The van der Waals surface area contributed by atoms with Crippen LogP contribution in [0, 0.1) is 5.92 Å². The van der Waals surface area contributed by atoms with Crippen LogP contribution in [-0.2, 0) is 9.59 Å². The van der Waals surface area contributed by atoms with Crippen LogP contribution in [0.5, 0.6) is 0 Å². The summed E-state index contributed by atoms with van der Waals surface area (Å²) in [6, 6.07) is 10.1. The van der Waals surface area contributed by atoms with Gasteiger partial charge in [0.05, 0.1) is 17.5 Å². The lowest BCUT2D eigenvalue weighted by molar-refractivity contribution is -0.130. The van der Waals surface area contributed by atoms with Crippen molar-refractivity contribution in [3.05, 3.63) is 35.9 Å². The number of hydrogen-bond donors (Lipinski definition) is 1. The van der Waals surface area contributed by atoms with Crippen molar-refractivity contribution >= 4 is 23.6 Å². The smallest absolute Gasteiger partial charge is 0.233 e. The molecule has 1 aliphatic rings. The average molecular weight is 306 g/mol. The molecule has 1 fully saturated rings. The highest BCUT2D eigenvalue weighted by Gasteiger charge is 2.29. The lowest BCUT2D eigenvalue weighted by Crippen LogP contribution is -2.36. The van der Waals surface area contributed by atoms with E-state index in [4.69, 9.17) is 5.73 Å². The van der Waals surface area contributed by atoms with E-state index >= 15 is 0 Å². The molecule has 114 valence electrons. The van der Waals surface area contributed by atoms with Gasteiger partial charge < -0.3 is 10.6 Å². The van der Waals surface area contributed by atoms with E-state index in [-0.39, 0.29) is 23.6 Å². The fraction of sp³-hybridized carbons (Fsp3) is 0.500. The highest BCUT2D eigenvalue weighted by molar-refractivity contribution is 8.00. The predicted molar refractivity (Wildman–Crippen MR) is 85.8 cm³/mol. The maximum Gasteiger partial charge on any atom is 0.233 e. The van der Waals surface area contributed by atoms with E-state index in [1.54, 1.807) is 0 Å².